The third-order valence-electron chi connectivity index (χ3n) is 2.56. The predicted octanol–water partition coefficient (Wildman–Crippen LogP) is 2.25. The zero-order valence-electron chi connectivity index (χ0n) is 9.82. The molecule has 1 fully saturated rings. The zero-order valence-corrected chi connectivity index (χ0v) is 9.82. The van der Waals surface area contributed by atoms with Crippen LogP contribution in [0.3, 0.4) is 0 Å². The minimum Gasteiger partial charge on any atom is -0.326 e. The molecule has 1 heterocycles. The SMILES string of the molecule is CC.NC1CCN(Cc2ccccc2)C1. The zero-order chi connectivity index (χ0) is 11.1. The van der Waals surface area contributed by atoms with Crippen molar-refractivity contribution >= 4 is 0 Å². The number of nitrogens with two attached hydrogens (primary N) is 1. The van der Waals surface area contributed by atoms with Crippen LogP contribution in [-0.2, 0) is 6.54 Å². The van der Waals surface area contributed by atoms with Crippen LogP contribution in [0.2, 0.25) is 0 Å². The van der Waals surface area contributed by atoms with Gasteiger partial charge in [0.15, 0.2) is 0 Å². The fourth-order valence-electron chi connectivity index (χ4n) is 1.85. The lowest BCUT2D eigenvalue weighted by atomic mass is 10.2. The van der Waals surface area contributed by atoms with Gasteiger partial charge >= 0.3 is 0 Å². The molecule has 2 N–H and O–H groups in total. The van der Waals surface area contributed by atoms with Crippen molar-refractivity contribution in [2.75, 3.05) is 13.1 Å². The molecule has 1 atom stereocenters. The second-order valence-electron chi connectivity index (χ2n) is 3.77. The molecule has 2 rings (SSSR count). The molecule has 0 radical (unpaired) electrons. The summed E-state index contributed by atoms with van der Waals surface area (Å²) in [7, 11) is 0. The van der Waals surface area contributed by atoms with E-state index < -0.39 is 0 Å². The van der Waals surface area contributed by atoms with Gasteiger partial charge in [0.25, 0.3) is 0 Å². The fourth-order valence-corrected chi connectivity index (χ4v) is 1.85. The molecule has 1 aromatic carbocycles. The van der Waals surface area contributed by atoms with Gasteiger partial charge in [-0.2, -0.15) is 0 Å². The third kappa shape index (κ3) is 4.02. The molecule has 1 aliphatic rings. The Hall–Kier alpha value is -0.860. The summed E-state index contributed by atoms with van der Waals surface area (Å²) in [6.45, 7) is 7.25. The van der Waals surface area contributed by atoms with Crippen LogP contribution < -0.4 is 5.73 Å². The Morgan fingerprint density at radius 2 is 1.93 bits per heavy atom. The highest BCUT2D eigenvalue weighted by Gasteiger charge is 2.18. The molecule has 2 heteroatoms. The predicted molar refractivity (Wildman–Crippen MR) is 65.7 cm³/mol. The summed E-state index contributed by atoms with van der Waals surface area (Å²) in [5.41, 5.74) is 7.22. The molecule has 0 aliphatic carbocycles. The Morgan fingerprint density at radius 3 is 2.47 bits per heavy atom. The second-order valence-corrected chi connectivity index (χ2v) is 3.77. The highest BCUT2D eigenvalue weighted by atomic mass is 15.2. The third-order valence-corrected chi connectivity index (χ3v) is 2.56. The second kappa shape index (κ2) is 6.59. The van der Waals surface area contributed by atoms with Crippen LogP contribution in [-0.4, -0.2) is 24.0 Å². The fraction of sp³-hybridized carbons (Fsp3) is 0.538. The van der Waals surface area contributed by atoms with Crippen LogP contribution in [0.5, 0.6) is 0 Å². The van der Waals surface area contributed by atoms with Gasteiger partial charge in [-0.15, -0.1) is 0 Å². The van der Waals surface area contributed by atoms with Crippen molar-refractivity contribution in [2.24, 2.45) is 5.73 Å². The maximum absolute atomic E-state index is 5.84. The maximum Gasteiger partial charge on any atom is 0.0234 e. The average molecular weight is 206 g/mol. The van der Waals surface area contributed by atoms with Gasteiger partial charge in [-0.3, -0.25) is 4.90 Å². The van der Waals surface area contributed by atoms with Crippen LogP contribution in [0.15, 0.2) is 30.3 Å². The molecular formula is C13H22N2. The molecule has 15 heavy (non-hydrogen) atoms. The Bertz CT molecular complexity index is 258. The smallest absolute Gasteiger partial charge is 0.0234 e. The molecule has 0 spiro atoms. The Labute approximate surface area is 93.1 Å². The van der Waals surface area contributed by atoms with Crippen LogP contribution in [0.1, 0.15) is 25.8 Å². The molecular weight excluding hydrogens is 184 g/mol. The summed E-state index contributed by atoms with van der Waals surface area (Å²) in [6.07, 6.45) is 1.15. The van der Waals surface area contributed by atoms with E-state index in [1.165, 1.54) is 5.56 Å². The van der Waals surface area contributed by atoms with Gasteiger partial charge in [0.1, 0.15) is 0 Å². The van der Waals surface area contributed by atoms with Crippen LogP contribution in [0, 0.1) is 0 Å². The highest BCUT2D eigenvalue weighted by molar-refractivity contribution is 5.14. The van der Waals surface area contributed by atoms with E-state index in [0.29, 0.717) is 6.04 Å². The van der Waals surface area contributed by atoms with E-state index in [1.807, 2.05) is 13.8 Å². The molecule has 0 saturated carbocycles. The van der Waals surface area contributed by atoms with Crippen LogP contribution in [0.4, 0.5) is 0 Å². The van der Waals surface area contributed by atoms with Gasteiger partial charge in [0.05, 0.1) is 0 Å². The van der Waals surface area contributed by atoms with E-state index in [1.54, 1.807) is 0 Å². The molecule has 1 saturated heterocycles. The van der Waals surface area contributed by atoms with Crippen molar-refractivity contribution in [2.45, 2.75) is 32.9 Å². The summed E-state index contributed by atoms with van der Waals surface area (Å²) in [4.78, 5) is 2.42. The first-order valence-electron chi connectivity index (χ1n) is 5.86. The van der Waals surface area contributed by atoms with Crippen molar-refractivity contribution in [1.29, 1.82) is 0 Å². The van der Waals surface area contributed by atoms with Crippen molar-refractivity contribution in [3.63, 3.8) is 0 Å². The Kier molecular flexibility index (Phi) is 5.37. The molecule has 1 aromatic rings. The van der Waals surface area contributed by atoms with Crippen molar-refractivity contribution in [3.05, 3.63) is 35.9 Å². The first kappa shape index (κ1) is 12.2. The molecule has 0 aromatic heterocycles. The van der Waals surface area contributed by atoms with Gasteiger partial charge in [-0.05, 0) is 12.0 Å². The molecule has 2 nitrogen and oxygen atoms in total. The average Bonchev–Trinajstić information content (AvgIpc) is 2.68. The maximum atomic E-state index is 5.84. The molecule has 0 amide bonds. The monoisotopic (exact) mass is 206 g/mol. The number of hydrogen-bond donors (Lipinski definition) is 1. The van der Waals surface area contributed by atoms with Gasteiger partial charge in [-0.25, -0.2) is 0 Å². The first-order chi connectivity index (χ1) is 7.34. The summed E-state index contributed by atoms with van der Waals surface area (Å²) in [5.74, 6) is 0. The highest BCUT2D eigenvalue weighted by Crippen LogP contribution is 2.11. The first-order valence-corrected chi connectivity index (χ1v) is 5.86. The van der Waals surface area contributed by atoms with Crippen molar-refractivity contribution in [1.82, 2.24) is 4.90 Å². The molecule has 0 bridgehead atoms. The van der Waals surface area contributed by atoms with Crippen molar-refractivity contribution in [3.8, 4) is 0 Å². The molecule has 1 aliphatic heterocycles. The van der Waals surface area contributed by atoms with Crippen LogP contribution >= 0.6 is 0 Å². The van der Waals surface area contributed by atoms with Gasteiger partial charge < -0.3 is 5.73 Å². The summed E-state index contributed by atoms with van der Waals surface area (Å²) >= 11 is 0. The normalized spacial score (nSPS) is 20.9. The number of benzene rings is 1. The van der Waals surface area contributed by atoms with E-state index in [-0.39, 0.29) is 0 Å². The molecule has 84 valence electrons. The Balaban J connectivity index is 0.000000531. The minimum absolute atomic E-state index is 0.392. The Morgan fingerprint density at radius 1 is 1.27 bits per heavy atom. The quantitative estimate of drug-likeness (QED) is 0.804. The number of rotatable bonds is 2. The van der Waals surface area contributed by atoms with Gasteiger partial charge in [0, 0.05) is 25.7 Å². The van der Waals surface area contributed by atoms with E-state index >= 15 is 0 Å². The topological polar surface area (TPSA) is 29.3 Å². The lowest BCUT2D eigenvalue weighted by Gasteiger charge is -2.14. The summed E-state index contributed by atoms with van der Waals surface area (Å²) in [6, 6.07) is 11.0. The van der Waals surface area contributed by atoms with Gasteiger partial charge in [0.2, 0.25) is 0 Å². The standard InChI is InChI=1S/C11H16N2.C2H6/c12-11-6-7-13(9-11)8-10-4-2-1-3-5-10;1-2/h1-5,11H,6-9,12H2;1-2H3. The van der Waals surface area contributed by atoms with E-state index in [0.717, 1.165) is 26.1 Å². The lowest BCUT2D eigenvalue weighted by Crippen LogP contribution is -2.26. The molecule has 1 unspecified atom stereocenters. The number of hydrogen-bond acceptors (Lipinski definition) is 2. The van der Waals surface area contributed by atoms with E-state index in [2.05, 4.69) is 35.2 Å². The van der Waals surface area contributed by atoms with E-state index in [4.69, 9.17) is 5.73 Å². The van der Waals surface area contributed by atoms with Crippen molar-refractivity contribution < 1.29 is 0 Å². The van der Waals surface area contributed by atoms with Crippen LogP contribution in [0.25, 0.3) is 0 Å². The minimum atomic E-state index is 0.392. The number of likely N-dealkylation sites (tertiary alicyclic amines) is 1. The lowest BCUT2D eigenvalue weighted by molar-refractivity contribution is 0.327. The largest absolute Gasteiger partial charge is 0.326 e. The summed E-state index contributed by atoms with van der Waals surface area (Å²) in [5, 5.41) is 0. The number of nitrogens with zero attached hydrogens (tertiary/aromatic N) is 1. The van der Waals surface area contributed by atoms with E-state index in [9.17, 15) is 0 Å². The van der Waals surface area contributed by atoms with Gasteiger partial charge in [-0.1, -0.05) is 44.2 Å². The summed E-state index contributed by atoms with van der Waals surface area (Å²) < 4.78 is 0.